The van der Waals surface area contributed by atoms with Crippen LogP contribution < -0.4 is 20.5 Å². The minimum absolute atomic E-state index is 0.0949. The Bertz CT molecular complexity index is 1080. The van der Waals surface area contributed by atoms with Crippen LogP contribution in [0, 0.1) is 0 Å². The van der Waals surface area contributed by atoms with Gasteiger partial charge in [0.2, 0.25) is 5.91 Å². The molecule has 8 nitrogen and oxygen atoms in total. The molecule has 144 valence electrons. The number of para-hydroxylation sites is 2. The molecular weight excluding hydrogens is 360 g/mol. The minimum atomic E-state index is -0.314. The van der Waals surface area contributed by atoms with Gasteiger partial charge in [-0.25, -0.2) is 10.4 Å². The molecule has 0 aliphatic carbocycles. The lowest BCUT2D eigenvalue weighted by molar-refractivity contribution is -0.121. The number of carbonyl (C=O) groups is 1. The Kier molecular flexibility index (Phi) is 6.01. The molecule has 1 aromatic heterocycles. The van der Waals surface area contributed by atoms with Crippen molar-refractivity contribution < 1.29 is 14.3 Å². The van der Waals surface area contributed by atoms with Crippen LogP contribution in [0.5, 0.6) is 11.5 Å². The number of carbonyl (C=O) groups excluding carboxylic acids is 1. The van der Waals surface area contributed by atoms with Crippen LogP contribution in [0.4, 0.5) is 0 Å². The van der Waals surface area contributed by atoms with Crippen LogP contribution in [0.3, 0.4) is 0 Å². The molecule has 2 N–H and O–H groups in total. The van der Waals surface area contributed by atoms with Gasteiger partial charge in [0.05, 0.1) is 31.5 Å². The maximum Gasteiger partial charge on any atom is 0.270 e. The summed E-state index contributed by atoms with van der Waals surface area (Å²) in [6, 6.07) is 12.5. The van der Waals surface area contributed by atoms with Crippen LogP contribution in [-0.4, -0.2) is 36.3 Å². The highest BCUT2D eigenvalue weighted by molar-refractivity contribution is 5.83. The van der Waals surface area contributed by atoms with E-state index in [2.05, 4.69) is 20.5 Å². The summed E-state index contributed by atoms with van der Waals surface area (Å²) in [5, 5.41) is 3.93. The van der Waals surface area contributed by atoms with E-state index < -0.39 is 0 Å². The van der Waals surface area contributed by atoms with Crippen molar-refractivity contribution in [3.05, 3.63) is 64.1 Å². The third-order valence-electron chi connectivity index (χ3n) is 4.07. The van der Waals surface area contributed by atoms with Gasteiger partial charge in [-0.1, -0.05) is 12.1 Å². The second-order valence-corrected chi connectivity index (χ2v) is 5.94. The van der Waals surface area contributed by atoms with E-state index >= 15 is 0 Å². The molecule has 3 rings (SSSR count). The lowest BCUT2D eigenvalue weighted by atomic mass is 10.2. The van der Waals surface area contributed by atoms with Gasteiger partial charge in [0, 0.05) is 12.8 Å². The second-order valence-electron chi connectivity index (χ2n) is 5.94. The summed E-state index contributed by atoms with van der Waals surface area (Å²) in [5.74, 6) is 0.863. The molecule has 8 heteroatoms. The van der Waals surface area contributed by atoms with E-state index in [1.54, 1.807) is 38.5 Å². The number of nitrogens with zero attached hydrogens (tertiary/aromatic N) is 2. The molecule has 0 bridgehead atoms. The number of benzene rings is 2. The van der Waals surface area contributed by atoms with Gasteiger partial charge in [0.25, 0.3) is 5.56 Å². The van der Waals surface area contributed by atoms with Crippen molar-refractivity contribution in [2.75, 3.05) is 14.2 Å². The van der Waals surface area contributed by atoms with Crippen molar-refractivity contribution in [1.29, 1.82) is 0 Å². The summed E-state index contributed by atoms with van der Waals surface area (Å²) >= 11 is 0. The fourth-order valence-corrected chi connectivity index (χ4v) is 2.64. The molecule has 0 spiro atoms. The van der Waals surface area contributed by atoms with Crippen LogP contribution in [0.1, 0.15) is 17.7 Å². The van der Waals surface area contributed by atoms with Crippen molar-refractivity contribution in [2.24, 2.45) is 5.10 Å². The Morgan fingerprint density at radius 2 is 1.96 bits per heavy atom. The Morgan fingerprint density at radius 3 is 2.75 bits per heavy atom. The topological polar surface area (TPSA) is 106 Å². The molecule has 0 atom stereocenters. The van der Waals surface area contributed by atoms with Crippen molar-refractivity contribution in [3.63, 3.8) is 0 Å². The van der Waals surface area contributed by atoms with E-state index in [0.717, 1.165) is 5.56 Å². The summed E-state index contributed by atoms with van der Waals surface area (Å²) in [6.07, 6.45) is 1.82. The van der Waals surface area contributed by atoms with Gasteiger partial charge < -0.3 is 14.5 Å². The normalized spacial score (nSPS) is 10.9. The zero-order chi connectivity index (χ0) is 19.9. The molecule has 28 heavy (non-hydrogen) atoms. The Labute approximate surface area is 161 Å². The highest BCUT2D eigenvalue weighted by Gasteiger charge is 2.08. The van der Waals surface area contributed by atoms with Gasteiger partial charge in [-0.05, 0) is 35.9 Å². The average Bonchev–Trinajstić information content (AvgIpc) is 2.72. The number of ether oxygens (including phenoxy) is 2. The number of amides is 1. The van der Waals surface area contributed by atoms with E-state index in [0.29, 0.717) is 28.2 Å². The molecule has 0 unspecified atom stereocenters. The van der Waals surface area contributed by atoms with Gasteiger partial charge >= 0.3 is 0 Å². The summed E-state index contributed by atoms with van der Waals surface area (Å²) in [5.41, 5.74) is 4.56. The zero-order valence-electron chi connectivity index (χ0n) is 15.6. The first-order chi connectivity index (χ1) is 13.6. The third-order valence-corrected chi connectivity index (χ3v) is 4.07. The average molecular weight is 380 g/mol. The first-order valence-corrected chi connectivity index (χ1v) is 8.62. The molecule has 0 fully saturated rings. The van der Waals surface area contributed by atoms with Crippen LogP contribution in [0.15, 0.2) is 52.4 Å². The lowest BCUT2D eigenvalue weighted by Crippen LogP contribution is -2.21. The fourth-order valence-electron chi connectivity index (χ4n) is 2.64. The molecule has 3 aromatic rings. The zero-order valence-corrected chi connectivity index (χ0v) is 15.6. The van der Waals surface area contributed by atoms with Crippen LogP contribution in [0.2, 0.25) is 0 Å². The van der Waals surface area contributed by atoms with Gasteiger partial charge in [-0.3, -0.25) is 9.59 Å². The molecule has 0 aliphatic rings. The predicted molar refractivity (Wildman–Crippen MR) is 106 cm³/mol. The molecule has 1 amide bonds. The Morgan fingerprint density at radius 1 is 1.18 bits per heavy atom. The van der Waals surface area contributed by atoms with Crippen LogP contribution >= 0.6 is 0 Å². The fraction of sp³-hybridized carbons (Fsp3) is 0.200. The molecular formula is C20H20N4O4. The molecule has 0 saturated carbocycles. The highest BCUT2D eigenvalue weighted by Crippen LogP contribution is 2.26. The van der Waals surface area contributed by atoms with Crippen LogP contribution in [-0.2, 0) is 11.2 Å². The van der Waals surface area contributed by atoms with Gasteiger partial charge in [-0.2, -0.15) is 5.10 Å². The molecule has 0 saturated heterocycles. The lowest BCUT2D eigenvalue weighted by Gasteiger charge is -2.07. The first kappa shape index (κ1) is 19.1. The number of nitrogens with one attached hydrogen (secondary N) is 2. The number of aryl methyl sites for hydroxylation is 1. The first-order valence-electron chi connectivity index (χ1n) is 8.62. The second kappa shape index (κ2) is 8.81. The van der Waals surface area contributed by atoms with E-state index in [1.165, 1.54) is 6.21 Å². The maximum absolute atomic E-state index is 12.1. The summed E-state index contributed by atoms with van der Waals surface area (Å²) < 4.78 is 10.4. The molecule has 2 aromatic carbocycles. The number of hydrogen-bond acceptors (Lipinski definition) is 6. The minimum Gasteiger partial charge on any atom is -0.493 e. The van der Waals surface area contributed by atoms with Gasteiger partial charge in [-0.15, -0.1) is 0 Å². The maximum atomic E-state index is 12.1. The Hall–Kier alpha value is -3.68. The quantitative estimate of drug-likeness (QED) is 0.482. The van der Waals surface area contributed by atoms with E-state index in [1.807, 2.05) is 18.2 Å². The number of aromatic amines is 1. The number of H-pyrrole nitrogens is 1. The third kappa shape index (κ3) is 4.53. The smallest absolute Gasteiger partial charge is 0.270 e. The largest absolute Gasteiger partial charge is 0.493 e. The van der Waals surface area contributed by atoms with Crippen LogP contribution in [0.25, 0.3) is 11.0 Å². The summed E-state index contributed by atoms with van der Waals surface area (Å²) in [6.45, 7) is 0. The van der Waals surface area contributed by atoms with E-state index in [4.69, 9.17) is 9.47 Å². The number of aromatic nitrogens is 2. The standard InChI is InChI=1S/C20H20N4O4/c1-27-17-9-7-13(11-18(17)28-2)12-21-24-19(25)10-8-16-20(26)23-15-6-4-3-5-14(15)22-16/h3-7,9,11-12H,8,10H2,1-2H3,(H,23,26)(H,24,25)/b21-12+. The predicted octanol–water partition coefficient (Wildman–Crippen LogP) is 2.02. The number of methoxy groups -OCH3 is 2. The number of fused-ring (bicyclic) bond motifs is 1. The molecule has 0 aliphatic heterocycles. The van der Waals surface area contributed by atoms with E-state index in [-0.39, 0.29) is 24.3 Å². The summed E-state index contributed by atoms with van der Waals surface area (Å²) in [4.78, 5) is 31.1. The molecule has 1 heterocycles. The highest BCUT2D eigenvalue weighted by atomic mass is 16.5. The van der Waals surface area contributed by atoms with Crippen molar-refractivity contribution in [2.45, 2.75) is 12.8 Å². The van der Waals surface area contributed by atoms with Gasteiger partial charge in [0.15, 0.2) is 11.5 Å². The SMILES string of the molecule is COc1ccc(/C=N/NC(=O)CCc2nc3ccccc3[nH]c2=O)cc1OC. The molecule has 0 radical (unpaired) electrons. The monoisotopic (exact) mass is 380 g/mol. The number of rotatable bonds is 7. The van der Waals surface area contributed by atoms with Gasteiger partial charge in [0.1, 0.15) is 5.69 Å². The number of hydrazone groups is 1. The van der Waals surface area contributed by atoms with Crippen molar-refractivity contribution in [3.8, 4) is 11.5 Å². The van der Waals surface area contributed by atoms with Crippen molar-refractivity contribution in [1.82, 2.24) is 15.4 Å². The number of hydrogen-bond donors (Lipinski definition) is 2. The van der Waals surface area contributed by atoms with E-state index in [9.17, 15) is 9.59 Å². The van der Waals surface area contributed by atoms with Crippen molar-refractivity contribution >= 4 is 23.2 Å². The Balaban J connectivity index is 1.58. The summed E-state index contributed by atoms with van der Waals surface area (Å²) in [7, 11) is 3.10.